The van der Waals surface area contributed by atoms with E-state index in [0.717, 1.165) is 4.68 Å². The van der Waals surface area contributed by atoms with Crippen LogP contribution in [-0.4, -0.2) is 15.7 Å². The molecule has 1 atom stereocenters. The predicted molar refractivity (Wildman–Crippen MR) is 76.3 cm³/mol. The Balaban J connectivity index is 2.23. The number of benzene rings is 1. The van der Waals surface area contributed by atoms with Gasteiger partial charge < -0.3 is 5.32 Å². The van der Waals surface area contributed by atoms with Crippen LogP contribution in [0.5, 0.6) is 0 Å². The van der Waals surface area contributed by atoms with E-state index in [1.807, 2.05) is 0 Å². The minimum atomic E-state index is -0.731. The third-order valence-electron chi connectivity index (χ3n) is 3.70. The number of hydrogen-bond acceptors (Lipinski definition) is 3. The summed E-state index contributed by atoms with van der Waals surface area (Å²) >= 11 is 0. The van der Waals surface area contributed by atoms with Crippen molar-refractivity contribution in [2.75, 3.05) is 0 Å². The molecule has 1 aliphatic rings. The van der Waals surface area contributed by atoms with E-state index in [0.29, 0.717) is 29.6 Å². The molecule has 108 valence electrons. The van der Waals surface area contributed by atoms with Crippen LogP contribution in [0.3, 0.4) is 0 Å². The van der Waals surface area contributed by atoms with Gasteiger partial charge in [0.1, 0.15) is 11.9 Å². The second-order valence-electron chi connectivity index (χ2n) is 5.14. The Morgan fingerprint density at radius 1 is 1.43 bits per heavy atom. The van der Waals surface area contributed by atoms with Gasteiger partial charge in [0.15, 0.2) is 0 Å². The van der Waals surface area contributed by atoms with Crippen LogP contribution in [0.2, 0.25) is 0 Å². The summed E-state index contributed by atoms with van der Waals surface area (Å²) in [4.78, 5) is 24.5. The highest BCUT2D eigenvalue weighted by Crippen LogP contribution is 2.22. The van der Waals surface area contributed by atoms with E-state index in [-0.39, 0.29) is 11.3 Å². The number of carbonyl (C=O) groups is 1. The van der Waals surface area contributed by atoms with Crippen molar-refractivity contribution in [3.05, 3.63) is 52.3 Å². The Morgan fingerprint density at radius 2 is 2.19 bits per heavy atom. The van der Waals surface area contributed by atoms with E-state index < -0.39 is 17.4 Å². The average molecular weight is 287 g/mol. The maximum Gasteiger partial charge on any atom is 0.278 e. The molecule has 5 nitrogen and oxygen atoms in total. The maximum atomic E-state index is 14.0. The van der Waals surface area contributed by atoms with Gasteiger partial charge in [-0.15, -0.1) is 0 Å². The Bertz CT molecular complexity index is 826. The van der Waals surface area contributed by atoms with E-state index in [2.05, 4.69) is 17.0 Å². The first-order chi connectivity index (χ1) is 9.99. The average Bonchev–Trinajstić information content (AvgIpc) is 2.43. The topological polar surface area (TPSA) is 64.0 Å². The summed E-state index contributed by atoms with van der Waals surface area (Å²) in [6, 6.07) is 3.68. The highest BCUT2D eigenvalue weighted by molar-refractivity contribution is 5.86. The van der Waals surface area contributed by atoms with Crippen molar-refractivity contribution in [2.24, 2.45) is 0 Å². The number of piperidine rings is 1. The Morgan fingerprint density at radius 3 is 2.90 bits per heavy atom. The molecule has 2 heterocycles. The van der Waals surface area contributed by atoms with E-state index in [1.54, 1.807) is 13.0 Å². The first-order valence-electron chi connectivity index (χ1n) is 6.65. The maximum absolute atomic E-state index is 14.0. The third-order valence-corrected chi connectivity index (χ3v) is 3.70. The lowest BCUT2D eigenvalue weighted by Gasteiger charge is -2.24. The molecule has 0 spiro atoms. The molecule has 1 fully saturated rings. The van der Waals surface area contributed by atoms with Gasteiger partial charge in [0, 0.05) is 11.1 Å². The zero-order valence-electron chi connectivity index (χ0n) is 11.5. The van der Waals surface area contributed by atoms with E-state index >= 15 is 0 Å². The fraction of sp³-hybridized carbons (Fsp3) is 0.267. The molecule has 1 aromatic carbocycles. The molecule has 2 aromatic rings. The third kappa shape index (κ3) is 2.12. The minimum Gasteiger partial charge on any atom is -0.329 e. The highest BCUT2D eigenvalue weighted by Gasteiger charge is 2.28. The number of hydrogen-bond donors (Lipinski definition) is 1. The molecule has 21 heavy (non-hydrogen) atoms. The van der Waals surface area contributed by atoms with Crippen molar-refractivity contribution in [1.82, 2.24) is 15.1 Å². The number of nitrogens with one attached hydrogen (secondary N) is 1. The number of carbonyl (C=O) groups excluding carboxylic acids is 1. The normalized spacial score (nSPS) is 18.9. The molecule has 0 aliphatic carbocycles. The number of amides is 1. The van der Waals surface area contributed by atoms with Crippen LogP contribution in [-0.2, 0) is 4.79 Å². The van der Waals surface area contributed by atoms with Crippen molar-refractivity contribution < 1.29 is 9.18 Å². The lowest BCUT2D eigenvalue weighted by atomic mass is 10.0. The summed E-state index contributed by atoms with van der Waals surface area (Å²) in [5, 5.41) is 7.24. The van der Waals surface area contributed by atoms with Crippen LogP contribution < -0.4 is 10.9 Å². The molecule has 1 aromatic heterocycles. The van der Waals surface area contributed by atoms with Gasteiger partial charge in [0.05, 0.1) is 11.1 Å². The number of allylic oxidation sites excluding steroid dienone is 1. The molecule has 3 rings (SSSR count). The van der Waals surface area contributed by atoms with Crippen LogP contribution >= 0.6 is 0 Å². The fourth-order valence-corrected chi connectivity index (χ4v) is 2.63. The Kier molecular flexibility index (Phi) is 3.08. The van der Waals surface area contributed by atoms with Crippen molar-refractivity contribution in [1.29, 1.82) is 0 Å². The second-order valence-corrected chi connectivity index (χ2v) is 5.14. The van der Waals surface area contributed by atoms with Gasteiger partial charge >= 0.3 is 0 Å². The van der Waals surface area contributed by atoms with Crippen LogP contribution in [0.25, 0.3) is 10.8 Å². The van der Waals surface area contributed by atoms with Crippen molar-refractivity contribution in [3.63, 3.8) is 0 Å². The molecular formula is C15H14FN3O2. The molecular weight excluding hydrogens is 273 g/mol. The Labute approximate surface area is 120 Å². The number of nitrogens with zero attached hydrogens (tertiary/aromatic N) is 2. The van der Waals surface area contributed by atoms with E-state index in [4.69, 9.17) is 0 Å². The first kappa shape index (κ1) is 13.5. The molecule has 0 radical (unpaired) electrons. The number of halogens is 1. The summed E-state index contributed by atoms with van der Waals surface area (Å²) in [7, 11) is 0. The molecule has 6 heteroatoms. The largest absolute Gasteiger partial charge is 0.329 e. The Hall–Kier alpha value is -2.50. The van der Waals surface area contributed by atoms with Crippen molar-refractivity contribution >= 4 is 16.7 Å². The lowest BCUT2D eigenvalue weighted by Crippen LogP contribution is -2.41. The smallest absolute Gasteiger partial charge is 0.278 e. The second kappa shape index (κ2) is 4.80. The van der Waals surface area contributed by atoms with Gasteiger partial charge in [-0.1, -0.05) is 18.7 Å². The van der Waals surface area contributed by atoms with Gasteiger partial charge in [-0.3, -0.25) is 9.59 Å². The van der Waals surface area contributed by atoms with Gasteiger partial charge in [-0.05, 0) is 25.8 Å². The zero-order valence-corrected chi connectivity index (χ0v) is 11.5. The van der Waals surface area contributed by atoms with Crippen molar-refractivity contribution in [3.8, 4) is 0 Å². The van der Waals surface area contributed by atoms with Gasteiger partial charge in [-0.2, -0.15) is 5.10 Å². The SMILES string of the molecule is C=C1CCC(n2nc(C)c3cccc(F)c3c2=O)C(=O)N1. The van der Waals surface area contributed by atoms with E-state index in [1.165, 1.54) is 12.1 Å². The number of aryl methyl sites for hydroxylation is 1. The lowest BCUT2D eigenvalue weighted by molar-refractivity contribution is -0.125. The number of aromatic nitrogens is 2. The van der Waals surface area contributed by atoms with Crippen LogP contribution in [0.4, 0.5) is 4.39 Å². The quantitative estimate of drug-likeness (QED) is 0.870. The summed E-state index contributed by atoms with van der Waals surface area (Å²) in [5.41, 5.74) is 0.552. The summed E-state index contributed by atoms with van der Waals surface area (Å²) in [6.45, 7) is 5.39. The van der Waals surface area contributed by atoms with Crippen LogP contribution in [0.1, 0.15) is 24.6 Å². The predicted octanol–water partition coefficient (Wildman–Crippen LogP) is 1.81. The van der Waals surface area contributed by atoms with Crippen molar-refractivity contribution in [2.45, 2.75) is 25.8 Å². The fourth-order valence-electron chi connectivity index (χ4n) is 2.63. The molecule has 1 N–H and O–H groups in total. The number of rotatable bonds is 1. The summed E-state index contributed by atoms with van der Waals surface area (Å²) in [6.07, 6.45) is 0.996. The van der Waals surface area contributed by atoms with Crippen LogP contribution in [0.15, 0.2) is 35.3 Å². The monoisotopic (exact) mass is 287 g/mol. The van der Waals surface area contributed by atoms with Crippen LogP contribution in [0, 0.1) is 12.7 Å². The molecule has 1 amide bonds. The molecule has 0 bridgehead atoms. The molecule has 1 unspecified atom stereocenters. The molecule has 1 aliphatic heterocycles. The molecule has 1 saturated heterocycles. The zero-order chi connectivity index (χ0) is 15.1. The first-order valence-corrected chi connectivity index (χ1v) is 6.65. The summed E-state index contributed by atoms with van der Waals surface area (Å²) in [5.74, 6) is -0.937. The van der Waals surface area contributed by atoms with Gasteiger partial charge in [-0.25, -0.2) is 9.07 Å². The highest BCUT2D eigenvalue weighted by atomic mass is 19.1. The number of fused-ring (bicyclic) bond motifs is 1. The summed E-state index contributed by atoms with van der Waals surface area (Å²) < 4.78 is 15.1. The molecule has 0 saturated carbocycles. The van der Waals surface area contributed by atoms with Gasteiger partial charge in [0.25, 0.3) is 5.56 Å². The van der Waals surface area contributed by atoms with Gasteiger partial charge in [0.2, 0.25) is 5.91 Å². The standard InChI is InChI=1S/C15H14FN3O2/c1-8-6-7-12(14(20)17-8)19-15(21)13-10(9(2)18-19)4-3-5-11(13)16/h3-5,12H,1,6-7H2,2H3,(H,17,20). The van der Waals surface area contributed by atoms with E-state index in [9.17, 15) is 14.0 Å². The minimum absolute atomic E-state index is 0.0257.